The number of carbonyl (C=O) groups is 1. The summed E-state index contributed by atoms with van der Waals surface area (Å²) in [7, 11) is 2.20. The quantitative estimate of drug-likeness (QED) is 0.892. The second-order valence-electron chi connectivity index (χ2n) is 6.81. The molecular weight excluding hydrogens is 310 g/mol. The number of benzene rings is 1. The first-order valence-corrected chi connectivity index (χ1v) is 8.44. The molecule has 2 fully saturated rings. The molecule has 5 heteroatoms. The largest absolute Gasteiger partial charge is 0.342 e. The van der Waals surface area contributed by atoms with Gasteiger partial charge in [0.1, 0.15) is 0 Å². The number of rotatable bonds is 5. The van der Waals surface area contributed by atoms with Crippen LogP contribution in [0.15, 0.2) is 30.3 Å². The van der Waals surface area contributed by atoms with E-state index in [1.807, 2.05) is 0 Å². The van der Waals surface area contributed by atoms with Crippen molar-refractivity contribution in [3.63, 3.8) is 0 Å². The van der Waals surface area contributed by atoms with Gasteiger partial charge in [0.15, 0.2) is 0 Å². The Labute approximate surface area is 145 Å². The molecule has 1 aromatic rings. The smallest absolute Gasteiger partial charge is 0.228 e. The van der Waals surface area contributed by atoms with Crippen molar-refractivity contribution in [3.05, 3.63) is 35.9 Å². The summed E-state index contributed by atoms with van der Waals surface area (Å²) in [5.41, 5.74) is 1.37. The number of likely N-dealkylation sites (tertiary alicyclic amines) is 1. The standard InChI is InChI=1S/C18H27N3O.ClH/c1-20(13-15-5-3-2-4-6-15)14-16-7-9-21(10-8-16)18(22)17-11-19-12-17;/h2-6,16-17,19H,7-14H2,1H3;1H. The van der Waals surface area contributed by atoms with Gasteiger partial charge >= 0.3 is 0 Å². The molecule has 0 aliphatic carbocycles. The summed E-state index contributed by atoms with van der Waals surface area (Å²) in [5, 5.41) is 3.19. The van der Waals surface area contributed by atoms with Gasteiger partial charge in [-0.15, -0.1) is 12.4 Å². The molecular formula is C18H28ClN3O. The summed E-state index contributed by atoms with van der Waals surface area (Å²) < 4.78 is 0. The van der Waals surface area contributed by atoms with E-state index < -0.39 is 0 Å². The van der Waals surface area contributed by atoms with Crippen molar-refractivity contribution in [2.45, 2.75) is 19.4 Å². The molecule has 1 aromatic carbocycles. The maximum absolute atomic E-state index is 12.2. The van der Waals surface area contributed by atoms with Gasteiger partial charge in [-0.25, -0.2) is 0 Å². The zero-order valence-corrected chi connectivity index (χ0v) is 14.7. The van der Waals surface area contributed by atoms with E-state index in [0.29, 0.717) is 5.91 Å². The summed E-state index contributed by atoms with van der Waals surface area (Å²) in [6, 6.07) is 10.6. The summed E-state index contributed by atoms with van der Waals surface area (Å²) in [5.74, 6) is 1.34. The molecule has 4 nitrogen and oxygen atoms in total. The summed E-state index contributed by atoms with van der Waals surface area (Å²) >= 11 is 0. The maximum atomic E-state index is 12.2. The number of carbonyl (C=O) groups excluding carboxylic acids is 1. The van der Waals surface area contributed by atoms with E-state index in [1.54, 1.807) is 0 Å². The third-order valence-corrected chi connectivity index (χ3v) is 4.92. The predicted molar refractivity (Wildman–Crippen MR) is 95.7 cm³/mol. The van der Waals surface area contributed by atoms with Crippen LogP contribution in [0.5, 0.6) is 0 Å². The molecule has 0 aromatic heterocycles. The van der Waals surface area contributed by atoms with Crippen molar-refractivity contribution in [2.75, 3.05) is 39.8 Å². The first kappa shape index (κ1) is 18.2. The number of halogens is 1. The fourth-order valence-corrected chi connectivity index (χ4v) is 3.46. The first-order chi connectivity index (χ1) is 10.7. The van der Waals surface area contributed by atoms with E-state index in [1.165, 1.54) is 5.56 Å². The molecule has 0 radical (unpaired) electrons. The van der Waals surface area contributed by atoms with Crippen LogP contribution >= 0.6 is 12.4 Å². The van der Waals surface area contributed by atoms with E-state index in [4.69, 9.17) is 0 Å². The molecule has 0 bridgehead atoms. The molecule has 2 saturated heterocycles. The predicted octanol–water partition coefficient (Wildman–Crippen LogP) is 2.00. The van der Waals surface area contributed by atoms with Gasteiger partial charge in [0, 0.05) is 39.3 Å². The maximum Gasteiger partial charge on any atom is 0.228 e. The molecule has 0 unspecified atom stereocenters. The van der Waals surface area contributed by atoms with Crippen molar-refractivity contribution in [1.29, 1.82) is 0 Å². The number of nitrogens with zero attached hydrogens (tertiary/aromatic N) is 2. The van der Waals surface area contributed by atoms with Gasteiger partial charge in [-0.05, 0) is 31.4 Å². The Hall–Kier alpha value is -1.10. The van der Waals surface area contributed by atoms with Crippen LogP contribution < -0.4 is 5.32 Å². The van der Waals surface area contributed by atoms with Gasteiger partial charge in [-0.3, -0.25) is 4.79 Å². The van der Waals surface area contributed by atoms with E-state index in [-0.39, 0.29) is 18.3 Å². The Morgan fingerprint density at radius 3 is 2.43 bits per heavy atom. The average molecular weight is 338 g/mol. The van der Waals surface area contributed by atoms with Crippen molar-refractivity contribution in [1.82, 2.24) is 15.1 Å². The lowest BCUT2D eigenvalue weighted by Crippen LogP contribution is -2.53. The monoisotopic (exact) mass is 337 g/mol. The van der Waals surface area contributed by atoms with Gasteiger partial charge in [0.05, 0.1) is 5.92 Å². The molecule has 1 N–H and O–H groups in total. The second-order valence-corrected chi connectivity index (χ2v) is 6.81. The Bertz CT molecular complexity index is 484. The lowest BCUT2D eigenvalue weighted by molar-refractivity contribution is -0.138. The van der Waals surface area contributed by atoms with Crippen LogP contribution in [-0.4, -0.2) is 55.5 Å². The normalized spacial score (nSPS) is 19.3. The van der Waals surface area contributed by atoms with E-state index in [2.05, 4.69) is 52.5 Å². The highest BCUT2D eigenvalue weighted by molar-refractivity contribution is 5.85. The Morgan fingerprint density at radius 1 is 1.22 bits per heavy atom. The molecule has 1 amide bonds. The van der Waals surface area contributed by atoms with Crippen LogP contribution in [0.25, 0.3) is 0 Å². The SMILES string of the molecule is CN(Cc1ccccc1)CC1CCN(C(=O)C2CNC2)CC1.Cl. The van der Waals surface area contributed by atoms with Crippen LogP contribution in [0.2, 0.25) is 0 Å². The van der Waals surface area contributed by atoms with Crippen LogP contribution in [-0.2, 0) is 11.3 Å². The van der Waals surface area contributed by atoms with Crippen LogP contribution in [0.3, 0.4) is 0 Å². The number of amides is 1. The molecule has 0 spiro atoms. The van der Waals surface area contributed by atoms with Gasteiger partial charge in [-0.2, -0.15) is 0 Å². The van der Waals surface area contributed by atoms with Gasteiger partial charge in [0.25, 0.3) is 0 Å². The first-order valence-electron chi connectivity index (χ1n) is 8.44. The Kier molecular flexibility index (Phi) is 6.88. The molecule has 0 saturated carbocycles. The topological polar surface area (TPSA) is 35.6 Å². The minimum atomic E-state index is 0. The fourth-order valence-electron chi connectivity index (χ4n) is 3.46. The molecule has 0 atom stereocenters. The summed E-state index contributed by atoms with van der Waals surface area (Å²) in [6.45, 7) is 5.77. The third kappa shape index (κ3) is 4.93. The van der Waals surface area contributed by atoms with Crippen molar-refractivity contribution < 1.29 is 4.79 Å². The van der Waals surface area contributed by atoms with Gasteiger partial charge in [-0.1, -0.05) is 30.3 Å². The molecule has 2 aliphatic rings. The molecule has 2 heterocycles. The number of piperidine rings is 1. The van der Waals surface area contributed by atoms with Crippen molar-refractivity contribution in [3.8, 4) is 0 Å². The average Bonchev–Trinajstić information content (AvgIpc) is 2.47. The fraction of sp³-hybridized carbons (Fsp3) is 0.611. The molecule has 128 valence electrons. The van der Waals surface area contributed by atoms with Crippen molar-refractivity contribution in [2.24, 2.45) is 11.8 Å². The highest BCUT2D eigenvalue weighted by atomic mass is 35.5. The lowest BCUT2D eigenvalue weighted by atomic mass is 9.94. The Balaban J connectivity index is 0.00000192. The van der Waals surface area contributed by atoms with E-state index in [0.717, 1.165) is 58.0 Å². The number of hydrogen-bond donors (Lipinski definition) is 1. The molecule has 3 rings (SSSR count). The highest BCUT2D eigenvalue weighted by Gasteiger charge is 2.31. The minimum Gasteiger partial charge on any atom is -0.342 e. The second kappa shape index (κ2) is 8.67. The van der Waals surface area contributed by atoms with Crippen LogP contribution in [0.4, 0.5) is 0 Å². The van der Waals surface area contributed by atoms with E-state index >= 15 is 0 Å². The van der Waals surface area contributed by atoms with Gasteiger partial charge in [0.2, 0.25) is 5.91 Å². The molecule has 23 heavy (non-hydrogen) atoms. The van der Waals surface area contributed by atoms with Gasteiger partial charge < -0.3 is 15.1 Å². The minimum absolute atomic E-state index is 0. The highest BCUT2D eigenvalue weighted by Crippen LogP contribution is 2.21. The van der Waals surface area contributed by atoms with Crippen LogP contribution in [0, 0.1) is 11.8 Å². The zero-order valence-electron chi connectivity index (χ0n) is 13.9. The summed E-state index contributed by atoms with van der Waals surface area (Å²) in [6.07, 6.45) is 2.29. The van der Waals surface area contributed by atoms with Crippen LogP contribution in [0.1, 0.15) is 18.4 Å². The lowest BCUT2D eigenvalue weighted by Gasteiger charge is -2.37. The number of nitrogens with one attached hydrogen (secondary N) is 1. The summed E-state index contributed by atoms with van der Waals surface area (Å²) in [4.78, 5) is 16.7. The third-order valence-electron chi connectivity index (χ3n) is 4.92. The molecule has 2 aliphatic heterocycles. The van der Waals surface area contributed by atoms with E-state index in [9.17, 15) is 4.79 Å². The Morgan fingerprint density at radius 2 is 1.87 bits per heavy atom. The van der Waals surface area contributed by atoms with Crippen molar-refractivity contribution >= 4 is 18.3 Å². The number of hydrogen-bond acceptors (Lipinski definition) is 3. The zero-order chi connectivity index (χ0) is 15.4.